The van der Waals surface area contributed by atoms with Gasteiger partial charge in [0.1, 0.15) is 24.2 Å². The topological polar surface area (TPSA) is 75.6 Å². The second-order valence-corrected chi connectivity index (χ2v) is 9.75. The predicted octanol–water partition coefficient (Wildman–Crippen LogP) is 6.73. The number of benzene rings is 3. The number of carboxylic acids is 1. The lowest BCUT2D eigenvalue weighted by Gasteiger charge is -2.38. The molecular formula is C28H27F4NO4. The number of carbonyl (C=O) groups is 2. The van der Waals surface area contributed by atoms with Crippen LogP contribution in [0.3, 0.4) is 0 Å². The lowest BCUT2D eigenvalue weighted by atomic mass is 9.70. The van der Waals surface area contributed by atoms with Crippen molar-refractivity contribution in [3.8, 4) is 5.75 Å². The van der Waals surface area contributed by atoms with Gasteiger partial charge in [0.05, 0.1) is 11.1 Å². The third-order valence-corrected chi connectivity index (χ3v) is 7.06. The average Bonchev–Trinajstić information content (AvgIpc) is 2.85. The summed E-state index contributed by atoms with van der Waals surface area (Å²) < 4.78 is 58.4. The molecule has 0 aliphatic heterocycles. The lowest BCUT2D eigenvalue weighted by molar-refractivity contribution is -0.143. The molecule has 1 aliphatic rings. The van der Waals surface area contributed by atoms with Crippen LogP contribution in [0.25, 0.3) is 10.8 Å². The number of halogens is 4. The van der Waals surface area contributed by atoms with Gasteiger partial charge in [-0.15, -0.1) is 0 Å². The number of carbonyl (C=O) groups excluding carboxylic acids is 1. The minimum atomic E-state index is -4.47. The number of carboxylic acid groups (broad SMARTS) is 1. The Morgan fingerprint density at radius 2 is 1.70 bits per heavy atom. The molecule has 1 aliphatic carbocycles. The van der Waals surface area contributed by atoms with Gasteiger partial charge in [0.2, 0.25) is 0 Å². The molecule has 1 saturated carbocycles. The molecule has 0 bridgehead atoms. The summed E-state index contributed by atoms with van der Waals surface area (Å²) in [5.74, 6) is -2.19. The molecule has 0 heterocycles. The van der Waals surface area contributed by atoms with Crippen LogP contribution in [-0.4, -0.2) is 23.0 Å². The number of ether oxygens (including phenoxy) is 1. The monoisotopic (exact) mass is 517 g/mol. The van der Waals surface area contributed by atoms with Crippen LogP contribution in [0.4, 0.5) is 17.6 Å². The Bertz CT molecular complexity index is 1300. The SMILES string of the molecule is CC1([C@H](NC(=O)c2ccc3cc(F)ccc3c2OCc2ccc(C(F)(F)F)cc2)C(=O)O)CCCCC1. The number of hydrogen-bond acceptors (Lipinski definition) is 3. The standard InChI is InChI=1S/C28H27F4NO4/c1-27(13-3-2-4-14-27)24(26(35)36)33-25(34)22-11-7-18-15-20(29)10-12-21(18)23(22)37-16-17-5-8-19(9-6-17)28(30,31)32/h5-12,15,24H,2-4,13-14,16H2,1H3,(H,33,34)(H,35,36)/t24-/m1/s1. The molecule has 3 aromatic carbocycles. The van der Waals surface area contributed by atoms with E-state index in [2.05, 4.69) is 5.32 Å². The molecule has 1 amide bonds. The van der Waals surface area contributed by atoms with Gasteiger partial charge in [-0.2, -0.15) is 13.2 Å². The Labute approximate surface area is 211 Å². The highest BCUT2D eigenvalue weighted by molar-refractivity contribution is 6.05. The van der Waals surface area contributed by atoms with Crippen LogP contribution in [0.2, 0.25) is 0 Å². The van der Waals surface area contributed by atoms with Crippen molar-refractivity contribution in [1.29, 1.82) is 0 Å². The van der Waals surface area contributed by atoms with Crippen molar-refractivity contribution in [2.75, 3.05) is 0 Å². The maximum absolute atomic E-state index is 13.8. The van der Waals surface area contributed by atoms with Gasteiger partial charge in [0, 0.05) is 5.39 Å². The van der Waals surface area contributed by atoms with Crippen LogP contribution in [-0.2, 0) is 17.6 Å². The number of aliphatic carboxylic acids is 1. The molecule has 37 heavy (non-hydrogen) atoms. The highest BCUT2D eigenvalue weighted by atomic mass is 19.4. The fraction of sp³-hybridized carbons (Fsp3) is 0.357. The number of alkyl halides is 3. The van der Waals surface area contributed by atoms with Crippen LogP contribution >= 0.6 is 0 Å². The summed E-state index contributed by atoms with van der Waals surface area (Å²) in [5, 5.41) is 13.5. The zero-order chi connectivity index (χ0) is 26.8. The summed E-state index contributed by atoms with van der Waals surface area (Å²) in [5.41, 5.74) is -0.929. The molecule has 0 saturated heterocycles. The third kappa shape index (κ3) is 5.87. The zero-order valence-electron chi connectivity index (χ0n) is 20.2. The quantitative estimate of drug-likeness (QED) is 0.341. The fourth-order valence-corrected chi connectivity index (χ4v) is 4.94. The summed E-state index contributed by atoms with van der Waals surface area (Å²) in [7, 11) is 0. The van der Waals surface area contributed by atoms with Gasteiger partial charge in [0.15, 0.2) is 0 Å². The molecule has 1 fully saturated rings. The molecule has 0 aromatic heterocycles. The molecule has 4 rings (SSSR count). The second kappa shape index (κ2) is 10.4. The van der Waals surface area contributed by atoms with E-state index in [1.54, 1.807) is 0 Å². The highest BCUT2D eigenvalue weighted by Gasteiger charge is 2.41. The normalized spacial score (nSPS) is 16.2. The van der Waals surface area contributed by atoms with E-state index in [0.29, 0.717) is 29.2 Å². The largest absolute Gasteiger partial charge is 0.487 e. The first-order valence-corrected chi connectivity index (χ1v) is 12.0. The van der Waals surface area contributed by atoms with E-state index in [1.165, 1.54) is 42.5 Å². The molecule has 5 nitrogen and oxygen atoms in total. The second-order valence-electron chi connectivity index (χ2n) is 9.75. The predicted molar refractivity (Wildman–Crippen MR) is 130 cm³/mol. The van der Waals surface area contributed by atoms with Crippen molar-refractivity contribution >= 4 is 22.6 Å². The Hall–Kier alpha value is -3.62. The number of rotatable bonds is 7. The van der Waals surface area contributed by atoms with Crippen LogP contribution in [0, 0.1) is 11.2 Å². The van der Waals surface area contributed by atoms with Crippen molar-refractivity contribution in [3.63, 3.8) is 0 Å². The van der Waals surface area contributed by atoms with E-state index >= 15 is 0 Å². The van der Waals surface area contributed by atoms with Gasteiger partial charge in [-0.25, -0.2) is 9.18 Å². The van der Waals surface area contributed by atoms with Gasteiger partial charge in [-0.3, -0.25) is 4.79 Å². The maximum Gasteiger partial charge on any atom is 0.416 e. The molecule has 9 heteroatoms. The van der Waals surface area contributed by atoms with Crippen LogP contribution in [0.1, 0.15) is 60.5 Å². The molecule has 196 valence electrons. The molecule has 1 atom stereocenters. The molecule has 3 aromatic rings. The van der Waals surface area contributed by atoms with E-state index in [-0.39, 0.29) is 17.9 Å². The van der Waals surface area contributed by atoms with E-state index in [0.717, 1.165) is 31.4 Å². The van der Waals surface area contributed by atoms with Crippen molar-refractivity contribution in [2.24, 2.45) is 5.41 Å². The first-order valence-electron chi connectivity index (χ1n) is 12.0. The zero-order valence-corrected chi connectivity index (χ0v) is 20.2. The highest BCUT2D eigenvalue weighted by Crippen LogP contribution is 2.39. The van der Waals surface area contributed by atoms with E-state index in [4.69, 9.17) is 4.74 Å². The van der Waals surface area contributed by atoms with Gasteiger partial charge >= 0.3 is 12.1 Å². The molecule has 0 spiro atoms. The van der Waals surface area contributed by atoms with E-state index in [1.807, 2.05) is 6.92 Å². The minimum Gasteiger partial charge on any atom is -0.487 e. The smallest absolute Gasteiger partial charge is 0.416 e. The number of nitrogens with one attached hydrogen (secondary N) is 1. The Kier molecular flexibility index (Phi) is 7.43. The molecule has 0 radical (unpaired) electrons. The summed E-state index contributed by atoms with van der Waals surface area (Å²) in [6.45, 7) is 1.70. The van der Waals surface area contributed by atoms with Gasteiger partial charge in [0.25, 0.3) is 5.91 Å². The van der Waals surface area contributed by atoms with Crippen molar-refractivity contribution in [1.82, 2.24) is 5.32 Å². The maximum atomic E-state index is 13.8. The Morgan fingerprint density at radius 3 is 2.32 bits per heavy atom. The van der Waals surface area contributed by atoms with Crippen LogP contribution in [0.15, 0.2) is 54.6 Å². The Balaban J connectivity index is 1.65. The minimum absolute atomic E-state index is 0.0525. The summed E-state index contributed by atoms with van der Waals surface area (Å²) in [4.78, 5) is 25.5. The van der Waals surface area contributed by atoms with E-state index in [9.17, 15) is 32.3 Å². The fourth-order valence-electron chi connectivity index (χ4n) is 4.94. The van der Waals surface area contributed by atoms with Gasteiger partial charge in [-0.1, -0.05) is 44.4 Å². The lowest BCUT2D eigenvalue weighted by Crippen LogP contribution is -2.52. The molecule has 2 N–H and O–H groups in total. The first kappa shape index (κ1) is 26.4. The third-order valence-electron chi connectivity index (χ3n) is 7.06. The van der Waals surface area contributed by atoms with E-state index < -0.39 is 40.9 Å². The summed E-state index contributed by atoms with van der Waals surface area (Å²) in [6, 6.07) is 10.2. The Morgan fingerprint density at radius 1 is 1.03 bits per heavy atom. The number of hydrogen-bond donors (Lipinski definition) is 2. The first-order chi connectivity index (χ1) is 17.5. The number of fused-ring (bicyclic) bond motifs is 1. The summed E-state index contributed by atoms with van der Waals surface area (Å²) in [6.07, 6.45) is -0.381. The number of amides is 1. The van der Waals surface area contributed by atoms with Gasteiger partial charge in [-0.05, 0) is 65.6 Å². The van der Waals surface area contributed by atoms with Crippen molar-refractivity contribution in [3.05, 3.63) is 77.1 Å². The molecular weight excluding hydrogens is 490 g/mol. The average molecular weight is 518 g/mol. The van der Waals surface area contributed by atoms with Crippen molar-refractivity contribution in [2.45, 2.75) is 57.9 Å². The summed E-state index contributed by atoms with van der Waals surface area (Å²) >= 11 is 0. The van der Waals surface area contributed by atoms with Crippen LogP contribution in [0.5, 0.6) is 5.75 Å². The molecule has 0 unspecified atom stereocenters. The van der Waals surface area contributed by atoms with Gasteiger partial charge < -0.3 is 15.2 Å². The van der Waals surface area contributed by atoms with Crippen molar-refractivity contribution < 1.29 is 37.0 Å². The van der Waals surface area contributed by atoms with Crippen LogP contribution < -0.4 is 10.1 Å².